The van der Waals surface area contributed by atoms with Gasteiger partial charge in [0.1, 0.15) is 0 Å². The zero-order chi connectivity index (χ0) is 12.8. The second-order valence-corrected chi connectivity index (χ2v) is 4.06. The molecule has 3 nitrogen and oxygen atoms in total. The molecule has 3 N–H and O–H groups in total. The molecule has 0 aliphatic carbocycles. The average Bonchev–Trinajstić information content (AvgIpc) is 2.33. The standard InChI is InChI=1S/C12H18F2N2O/c1-8(17-2)6-10(16-15)7-9-4-3-5-11(13)12(9)14/h3-5,8,10,16H,6-7,15H2,1-2H3. The third kappa shape index (κ3) is 4.03. The van der Waals surface area contributed by atoms with Gasteiger partial charge in [-0.15, -0.1) is 0 Å². The summed E-state index contributed by atoms with van der Waals surface area (Å²) in [4.78, 5) is 0. The maximum absolute atomic E-state index is 13.4. The van der Waals surface area contributed by atoms with Gasteiger partial charge in [-0.25, -0.2) is 8.78 Å². The molecule has 1 aromatic carbocycles. The van der Waals surface area contributed by atoms with Crippen molar-refractivity contribution in [2.45, 2.75) is 31.9 Å². The minimum absolute atomic E-state index is 0.00710. The molecule has 0 fully saturated rings. The molecule has 1 aromatic rings. The minimum Gasteiger partial charge on any atom is -0.382 e. The van der Waals surface area contributed by atoms with E-state index < -0.39 is 11.6 Å². The number of hydrogen-bond acceptors (Lipinski definition) is 3. The van der Waals surface area contributed by atoms with Crippen LogP contribution in [-0.2, 0) is 11.2 Å². The maximum atomic E-state index is 13.4. The van der Waals surface area contributed by atoms with Crippen LogP contribution >= 0.6 is 0 Å². The monoisotopic (exact) mass is 244 g/mol. The van der Waals surface area contributed by atoms with E-state index in [-0.39, 0.29) is 12.1 Å². The second kappa shape index (κ2) is 6.64. The van der Waals surface area contributed by atoms with Gasteiger partial charge in [-0.1, -0.05) is 12.1 Å². The molecule has 96 valence electrons. The van der Waals surface area contributed by atoms with Crippen molar-refractivity contribution in [1.29, 1.82) is 0 Å². The lowest BCUT2D eigenvalue weighted by atomic mass is 10.0. The van der Waals surface area contributed by atoms with Gasteiger partial charge in [-0.3, -0.25) is 11.3 Å². The van der Waals surface area contributed by atoms with Crippen molar-refractivity contribution >= 4 is 0 Å². The molecule has 0 heterocycles. The Morgan fingerprint density at radius 3 is 2.71 bits per heavy atom. The molecule has 2 atom stereocenters. The summed E-state index contributed by atoms with van der Waals surface area (Å²) in [5, 5.41) is 0. The Labute approximate surface area is 99.9 Å². The zero-order valence-electron chi connectivity index (χ0n) is 10.0. The lowest BCUT2D eigenvalue weighted by molar-refractivity contribution is 0.100. The van der Waals surface area contributed by atoms with Crippen molar-refractivity contribution in [3.05, 3.63) is 35.4 Å². The summed E-state index contributed by atoms with van der Waals surface area (Å²) >= 11 is 0. The highest BCUT2D eigenvalue weighted by Crippen LogP contribution is 2.15. The Morgan fingerprint density at radius 2 is 2.12 bits per heavy atom. The highest BCUT2D eigenvalue weighted by atomic mass is 19.2. The van der Waals surface area contributed by atoms with Crippen LogP contribution in [0.5, 0.6) is 0 Å². The number of benzene rings is 1. The third-order valence-corrected chi connectivity index (χ3v) is 2.75. The fourth-order valence-electron chi connectivity index (χ4n) is 1.68. The van der Waals surface area contributed by atoms with Gasteiger partial charge in [0.2, 0.25) is 0 Å². The number of methoxy groups -OCH3 is 1. The third-order valence-electron chi connectivity index (χ3n) is 2.75. The van der Waals surface area contributed by atoms with Crippen LogP contribution in [0.4, 0.5) is 8.78 Å². The molecule has 0 aromatic heterocycles. The van der Waals surface area contributed by atoms with Crippen molar-refractivity contribution in [2.24, 2.45) is 5.84 Å². The predicted octanol–water partition coefficient (Wildman–Crippen LogP) is 1.76. The molecular formula is C12H18F2N2O. The Morgan fingerprint density at radius 1 is 1.41 bits per heavy atom. The van der Waals surface area contributed by atoms with E-state index in [0.29, 0.717) is 18.4 Å². The number of rotatable bonds is 6. The highest BCUT2D eigenvalue weighted by Gasteiger charge is 2.15. The number of ether oxygens (including phenoxy) is 1. The number of halogens is 2. The normalized spacial score (nSPS) is 14.6. The number of nitrogens with one attached hydrogen (secondary N) is 1. The van der Waals surface area contributed by atoms with Crippen LogP contribution in [-0.4, -0.2) is 19.3 Å². The van der Waals surface area contributed by atoms with Crippen molar-refractivity contribution in [3.8, 4) is 0 Å². The predicted molar refractivity (Wildman–Crippen MR) is 62.3 cm³/mol. The lowest BCUT2D eigenvalue weighted by Gasteiger charge is -2.19. The molecule has 0 radical (unpaired) electrons. The summed E-state index contributed by atoms with van der Waals surface area (Å²) in [5.41, 5.74) is 2.91. The summed E-state index contributed by atoms with van der Waals surface area (Å²) in [6.07, 6.45) is 0.962. The summed E-state index contributed by atoms with van der Waals surface area (Å²) < 4.78 is 31.6. The SMILES string of the molecule is COC(C)CC(Cc1cccc(F)c1F)NN. The molecule has 0 amide bonds. The molecule has 0 aliphatic heterocycles. The molecule has 2 unspecified atom stereocenters. The number of nitrogens with two attached hydrogens (primary N) is 1. The van der Waals surface area contributed by atoms with E-state index in [9.17, 15) is 8.78 Å². The van der Waals surface area contributed by atoms with E-state index in [1.54, 1.807) is 13.2 Å². The molecule has 0 saturated carbocycles. The van der Waals surface area contributed by atoms with Crippen LogP contribution in [0.2, 0.25) is 0 Å². The smallest absolute Gasteiger partial charge is 0.162 e. The first-order valence-electron chi connectivity index (χ1n) is 5.50. The highest BCUT2D eigenvalue weighted by molar-refractivity contribution is 5.20. The van der Waals surface area contributed by atoms with E-state index >= 15 is 0 Å². The van der Waals surface area contributed by atoms with Crippen LogP contribution in [0.1, 0.15) is 18.9 Å². The van der Waals surface area contributed by atoms with Gasteiger partial charge >= 0.3 is 0 Å². The maximum Gasteiger partial charge on any atom is 0.162 e. The first-order chi connectivity index (χ1) is 8.08. The first-order valence-corrected chi connectivity index (χ1v) is 5.50. The van der Waals surface area contributed by atoms with E-state index in [0.717, 1.165) is 6.07 Å². The van der Waals surface area contributed by atoms with Gasteiger partial charge in [-0.2, -0.15) is 0 Å². The largest absolute Gasteiger partial charge is 0.382 e. The Kier molecular flexibility index (Phi) is 5.47. The molecule has 17 heavy (non-hydrogen) atoms. The first kappa shape index (κ1) is 14.0. The zero-order valence-corrected chi connectivity index (χ0v) is 10.0. The average molecular weight is 244 g/mol. The Bertz CT molecular complexity index is 360. The molecule has 0 saturated heterocycles. The van der Waals surface area contributed by atoms with E-state index in [1.807, 2.05) is 6.92 Å². The van der Waals surface area contributed by atoms with Gasteiger partial charge in [0.15, 0.2) is 11.6 Å². The van der Waals surface area contributed by atoms with Crippen LogP contribution in [0.3, 0.4) is 0 Å². The molecular weight excluding hydrogens is 226 g/mol. The van der Waals surface area contributed by atoms with E-state index in [1.165, 1.54) is 6.07 Å². The van der Waals surface area contributed by atoms with Crippen LogP contribution in [0, 0.1) is 11.6 Å². The summed E-state index contributed by atoms with van der Waals surface area (Å²) in [7, 11) is 1.60. The fraction of sp³-hybridized carbons (Fsp3) is 0.500. The topological polar surface area (TPSA) is 47.3 Å². The van der Waals surface area contributed by atoms with E-state index in [4.69, 9.17) is 10.6 Å². The molecule has 0 aliphatic rings. The molecule has 5 heteroatoms. The molecule has 0 bridgehead atoms. The molecule has 0 spiro atoms. The Balaban J connectivity index is 2.70. The van der Waals surface area contributed by atoms with Crippen molar-refractivity contribution in [1.82, 2.24) is 5.43 Å². The van der Waals surface area contributed by atoms with Crippen molar-refractivity contribution in [3.63, 3.8) is 0 Å². The van der Waals surface area contributed by atoms with Gasteiger partial charge in [0.05, 0.1) is 6.10 Å². The van der Waals surface area contributed by atoms with Crippen molar-refractivity contribution in [2.75, 3.05) is 7.11 Å². The lowest BCUT2D eigenvalue weighted by Crippen LogP contribution is -2.39. The Hall–Kier alpha value is -1.04. The summed E-state index contributed by atoms with van der Waals surface area (Å²) in [6.45, 7) is 1.90. The van der Waals surface area contributed by atoms with E-state index in [2.05, 4.69) is 5.43 Å². The van der Waals surface area contributed by atoms with Crippen LogP contribution in [0.15, 0.2) is 18.2 Å². The van der Waals surface area contributed by atoms with Crippen molar-refractivity contribution < 1.29 is 13.5 Å². The van der Waals surface area contributed by atoms with Crippen LogP contribution < -0.4 is 11.3 Å². The van der Waals surface area contributed by atoms with Gasteiger partial charge in [0.25, 0.3) is 0 Å². The van der Waals surface area contributed by atoms with Gasteiger partial charge in [0, 0.05) is 13.2 Å². The number of hydrazine groups is 1. The second-order valence-electron chi connectivity index (χ2n) is 4.06. The molecule has 1 rings (SSSR count). The quantitative estimate of drug-likeness (QED) is 0.592. The van der Waals surface area contributed by atoms with Gasteiger partial charge in [-0.05, 0) is 31.4 Å². The summed E-state index contributed by atoms with van der Waals surface area (Å²) in [5.74, 6) is 3.75. The summed E-state index contributed by atoms with van der Waals surface area (Å²) in [6, 6.07) is 3.99. The fourth-order valence-corrected chi connectivity index (χ4v) is 1.68. The van der Waals surface area contributed by atoms with Gasteiger partial charge < -0.3 is 4.74 Å². The number of hydrogen-bond donors (Lipinski definition) is 2. The minimum atomic E-state index is -0.835. The van der Waals surface area contributed by atoms with Crippen LogP contribution in [0.25, 0.3) is 0 Å².